The first-order valence-electron chi connectivity index (χ1n) is 9.86. The fourth-order valence-electron chi connectivity index (χ4n) is 3.45. The molecule has 168 valence electrons. The Hall–Kier alpha value is -1.81. The van der Waals surface area contributed by atoms with Crippen LogP contribution in [0.15, 0.2) is 33.2 Å². The summed E-state index contributed by atoms with van der Waals surface area (Å²) in [5, 5.41) is 2.80. The molecule has 0 spiro atoms. The van der Waals surface area contributed by atoms with Gasteiger partial charge in [-0.1, -0.05) is 13.0 Å². The highest BCUT2D eigenvalue weighted by atomic mass is 79.9. The molecule has 0 saturated carbocycles. The standard InChI is InChI=1S/C21H23Br2F3N4O/c1-12-4-6-30(7-5-12)20-14(2-3-17(29-20)21(24,25)26)11-28-18(31)10-13-8-15(22)19(27)16(23)9-13/h2-3,8-9,12H,4-7,10-11,27H2,1H3,(H,28,31). The number of alkyl halides is 3. The zero-order chi connectivity index (χ0) is 22.8. The van der Waals surface area contributed by atoms with E-state index in [1.807, 2.05) is 4.90 Å². The highest BCUT2D eigenvalue weighted by Gasteiger charge is 2.34. The molecule has 1 aromatic carbocycles. The van der Waals surface area contributed by atoms with Gasteiger partial charge in [-0.3, -0.25) is 4.79 Å². The minimum Gasteiger partial charge on any atom is -0.397 e. The molecule has 1 aromatic heterocycles. The second-order valence-corrected chi connectivity index (χ2v) is 9.48. The van der Waals surface area contributed by atoms with Gasteiger partial charge in [0, 0.05) is 34.1 Å². The first-order valence-corrected chi connectivity index (χ1v) is 11.5. The number of nitrogens with one attached hydrogen (secondary N) is 1. The molecule has 1 saturated heterocycles. The van der Waals surface area contributed by atoms with Crippen LogP contribution in [-0.2, 0) is 23.9 Å². The molecule has 1 aliphatic rings. The molecule has 2 heterocycles. The van der Waals surface area contributed by atoms with E-state index in [-0.39, 0.29) is 18.9 Å². The van der Waals surface area contributed by atoms with Crippen LogP contribution in [0.3, 0.4) is 0 Å². The van der Waals surface area contributed by atoms with Crippen molar-refractivity contribution in [3.8, 4) is 0 Å². The lowest BCUT2D eigenvalue weighted by Gasteiger charge is -2.33. The number of carbonyl (C=O) groups excluding carboxylic acids is 1. The minimum absolute atomic E-state index is 0.0999. The Morgan fingerprint density at radius 2 is 1.84 bits per heavy atom. The largest absolute Gasteiger partial charge is 0.433 e. The first-order chi connectivity index (χ1) is 14.5. The summed E-state index contributed by atoms with van der Waals surface area (Å²) < 4.78 is 41.0. The monoisotopic (exact) mass is 562 g/mol. The van der Waals surface area contributed by atoms with Gasteiger partial charge < -0.3 is 16.0 Å². The molecule has 0 aliphatic carbocycles. The van der Waals surface area contributed by atoms with Crippen molar-refractivity contribution in [3.05, 3.63) is 50.0 Å². The van der Waals surface area contributed by atoms with E-state index in [1.165, 1.54) is 6.07 Å². The van der Waals surface area contributed by atoms with Gasteiger partial charge in [-0.05, 0) is 74.4 Å². The normalized spacial score (nSPS) is 15.2. The number of piperidine rings is 1. The fraction of sp³-hybridized carbons (Fsp3) is 0.429. The molecule has 1 aliphatic heterocycles. The molecule has 2 aromatic rings. The first kappa shape index (κ1) is 23.8. The highest BCUT2D eigenvalue weighted by Crippen LogP contribution is 2.32. The van der Waals surface area contributed by atoms with E-state index in [2.05, 4.69) is 49.1 Å². The molecule has 0 bridgehead atoms. The molecule has 0 atom stereocenters. The second-order valence-electron chi connectivity index (χ2n) is 7.77. The summed E-state index contributed by atoms with van der Waals surface area (Å²) in [5.74, 6) is 0.574. The average Bonchev–Trinajstić information content (AvgIpc) is 2.70. The third-order valence-corrected chi connectivity index (χ3v) is 6.62. The van der Waals surface area contributed by atoms with Crippen LogP contribution in [0.25, 0.3) is 0 Å². The summed E-state index contributed by atoms with van der Waals surface area (Å²) in [6.07, 6.45) is -2.62. The van der Waals surface area contributed by atoms with E-state index in [9.17, 15) is 18.0 Å². The van der Waals surface area contributed by atoms with Gasteiger partial charge in [0.1, 0.15) is 11.5 Å². The molecule has 1 fully saturated rings. The van der Waals surface area contributed by atoms with Gasteiger partial charge in [-0.2, -0.15) is 13.2 Å². The molecule has 5 nitrogen and oxygen atoms in total. The van der Waals surface area contributed by atoms with Crippen LogP contribution in [0.4, 0.5) is 24.7 Å². The number of nitrogen functional groups attached to an aromatic ring is 1. The minimum atomic E-state index is -4.52. The van der Waals surface area contributed by atoms with Crippen molar-refractivity contribution in [1.29, 1.82) is 0 Å². The number of anilines is 2. The van der Waals surface area contributed by atoms with Crippen LogP contribution in [0.5, 0.6) is 0 Å². The maximum atomic E-state index is 13.2. The van der Waals surface area contributed by atoms with Gasteiger partial charge in [-0.15, -0.1) is 0 Å². The number of amides is 1. The lowest BCUT2D eigenvalue weighted by atomic mass is 9.99. The molecule has 0 radical (unpaired) electrons. The number of pyridine rings is 1. The number of nitrogens with zero attached hydrogens (tertiary/aromatic N) is 2. The maximum Gasteiger partial charge on any atom is 0.433 e. The Bertz CT molecular complexity index is 937. The molecule has 3 N–H and O–H groups in total. The molecule has 3 rings (SSSR count). The number of aromatic nitrogens is 1. The van der Waals surface area contributed by atoms with Crippen molar-refractivity contribution in [2.75, 3.05) is 23.7 Å². The van der Waals surface area contributed by atoms with Crippen molar-refractivity contribution in [2.24, 2.45) is 5.92 Å². The van der Waals surface area contributed by atoms with Crippen LogP contribution in [0.1, 0.15) is 36.6 Å². The summed E-state index contributed by atoms with van der Waals surface area (Å²) in [7, 11) is 0. The number of nitrogens with two attached hydrogens (primary N) is 1. The van der Waals surface area contributed by atoms with E-state index in [4.69, 9.17) is 5.73 Å². The molecule has 1 amide bonds. The Labute approximate surface area is 195 Å². The molecule has 10 heteroatoms. The van der Waals surface area contributed by atoms with Crippen molar-refractivity contribution >= 4 is 49.3 Å². The number of halogens is 5. The third kappa shape index (κ3) is 6.12. The van der Waals surface area contributed by atoms with Crippen molar-refractivity contribution in [2.45, 2.75) is 38.9 Å². The zero-order valence-electron chi connectivity index (χ0n) is 16.9. The van der Waals surface area contributed by atoms with Crippen molar-refractivity contribution in [3.63, 3.8) is 0 Å². The van der Waals surface area contributed by atoms with E-state index in [0.29, 0.717) is 45.0 Å². The average molecular weight is 564 g/mol. The van der Waals surface area contributed by atoms with Gasteiger partial charge in [-0.25, -0.2) is 4.98 Å². The van der Waals surface area contributed by atoms with Crippen molar-refractivity contribution in [1.82, 2.24) is 10.3 Å². The SMILES string of the molecule is CC1CCN(c2nc(C(F)(F)F)ccc2CNC(=O)Cc2cc(Br)c(N)c(Br)c2)CC1. The van der Waals surface area contributed by atoms with Gasteiger partial charge in [0.15, 0.2) is 0 Å². The topological polar surface area (TPSA) is 71.2 Å². The number of carbonyl (C=O) groups is 1. The molecular formula is C21H23Br2F3N4O. The number of hydrogen-bond acceptors (Lipinski definition) is 4. The van der Waals surface area contributed by atoms with Crippen LogP contribution < -0.4 is 16.0 Å². The quantitative estimate of drug-likeness (QED) is 0.484. The van der Waals surface area contributed by atoms with Gasteiger partial charge in [0.05, 0.1) is 12.1 Å². The van der Waals surface area contributed by atoms with E-state index < -0.39 is 11.9 Å². The zero-order valence-corrected chi connectivity index (χ0v) is 20.1. The number of benzene rings is 1. The van der Waals surface area contributed by atoms with Crippen molar-refractivity contribution < 1.29 is 18.0 Å². The van der Waals surface area contributed by atoms with Crippen LogP contribution in [0, 0.1) is 5.92 Å². The molecule has 31 heavy (non-hydrogen) atoms. The Balaban J connectivity index is 1.75. The lowest BCUT2D eigenvalue weighted by Crippen LogP contribution is -2.35. The number of hydrogen-bond donors (Lipinski definition) is 2. The highest BCUT2D eigenvalue weighted by molar-refractivity contribution is 9.11. The summed E-state index contributed by atoms with van der Waals surface area (Å²) in [5.41, 5.74) is 6.80. The van der Waals surface area contributed by atoms with Gasteiger partial charge in [0.2, 0.25) is 5.91 Å². The Morgan fingerprint density at radius 3 is 2.42 bits per heavy atom. The summed E-state index contributed by atoms with van der Waals surface area (Å²) in [6.45, 7) is 3.52. The number of rotatable bonds is 5. The summed E-state index contributed by atoms with van der Waals surface area (Å²) >= 11 is 6.70. The summed E-state index contributed by atoms with van der Waals surface area (Å²) in [6, 6.07) is 5.89. The second kappa shape index (κ2) is 9.77. The van der Waals surface area contributed by atoms with Crippen LogP contribution in [0.2, 0.25) is 0 Å². The maximum absolute atomic E-state index is 13.2. The Morgan fingerprint density at radius 1 is 1.23 bits per heavy atom. The van der Waals surface area contributed by atoms with Gasteiger partial charge >= 0.3 is 6.18 Å². The van der Waals surface area contributed by atoms with Crippen LogP contribution in [-0.4, -0.2) is 24.0 Å². The lowest BCUT2D eigenvalue weighted by molar-refractivity contribution is -0.141. The molecular weight excluding hydrogens is 541 g/mol. The Kier molecular flexibility index (Phi) is 7.51. The predicted octanol–water partition coefficient (Wildman–Crippen LogP) is 5.30. The van der Waals surface area contributed by atoms with E-state index >= 15 is 0 Å². The smallest absolute Gasteiger partial charge is 0.397 e. The van der Waals surface area contributed by atoms with E-state index in [0.717, 1.165) is 24.5 Å². The van der Waals surface area contributed by atoms with E-state index in [1.54, 1.807) is 12.1 Å². The molecule has 0 unspecified atom stereocenters. The predicted molar refractivity (Wildman–Crippen MR) is 122 cm³/mol. The fourth-order valence-corrected chi connectivity index (χ4v) is 4.73. The third-order valence-electron chi connectivity index (χ3n) is 5.31. The van der Waals surface area contributed by atoms with Gasteiger partial charge in [0.25, 0.3) is 0 Å². The van der Waals surface area contributed by atoms with Crippen LogP contribution >= 0.6 is 31.9 Å². The summed E-state index contributed by atoms with van der Waals surface area (Å²) in [4.78, 5) is 18.3.